The van der Waals surface area contributed by atoms with Crippen molar-refractivity contribution in [2.75, 3.05) is 13.2 Å². The summed E-state index contributed by atoms with van der Waals surface area (Å²) in [5, 5.41) is 0. The third kappa shape index (κ3) is 5.32. The van der Waals surface area contributed by atoms with Crippen LogP contribution in [0.3, 0.4) is 0 Å². The number of esters is 1. The second-order valence-corrected chi connectivity index (χ2v) is 3.41. The Bertz CT molecular complexity index is 333. The number of rotatable bonds is 6. The normalized spacial score (nSPS) is 10.6. The SMILES string of the molecule is NCCCCOC(=O)C=Cc1ccccc1. The molecule has 86 valence electrons. The summed E-state index contributed by atoms with van der Waals surface area (Å²) in [7, 11) is 0. The fourth-order valence-electron chi connectivity index (χ4n) is 1.20. The second kappa shape index (κ2) is 7.65. The minimum atomic E-state index is -0.305. The molecular weight excluding hydrogens is 202 g/mol. The van der Waals surface area contributed by atoms with Gasteiger partial charge >= 0.3 is 5.97 Å². The van der Waals surface area contributed by atoms with E-state index in [2.05, 4.69) is 0 Å². The summed E-state index contributed by atoms with van der Waals surface area (Å²) < 4.78 is 4.98. The fourth-order valence-corrected chi connectivity index (χ4v) is 1.20. The Kier molecular flexibility index (Phi) is 5.96. The molecule has 1 aromatic carbocycles. The zero-order chi connectivity index (χ0) is 11.6. The van der Waals surface area contributed by atoms with Crippen LogP contribution in [0.2, 0.25) is 0 Å². The number of hydrogen-bond acceptors (Lipinski definition) is 3. The number of benzene rings is 1. The highest BCUT2D eigenvalue weighted by Gasteiger charge is 1.95. The molecule has 1 rings (SSSR count). The van der Waals surface area contributed by atoms with Gasteiger partial charge in [0.2, 0.25) is 0 Å². The molecule has 3 nitrogen and oxygen atoms in total. The van der Waals surface area contributed by atoms with Crippen molar-refractivity contribution in [1.29, 1.82) is 0 Å². The van der Waals surface area contributed by atoms with Gasteiger partial charge in [-0.25, -0.2) is 4.79 Å². The van der Waals surface area contributed by atoms with Crippen LogP contribution in [0.5, 0.6) is 0 Å². The Morgan fingerprint density at radius 3 is 2.69 bits per heavy atom. The van der Waals surface area contributed by atoms with Crippen LogP contribution >= 0.6 is 0 Å². The van der Waals surface area contributed by atoms with Gasteiger partial charge in [-0.3, -0.25) is 0 Å². The van der Waals surface area contributed by atoms with Gasteiger partial charge in [0.1, 0.15) is 0 Å². The molecule has 1 aromatic rings. The number of unbranched alkanes of at least 4 members (excludes halogenated alkanes) is 1. The zero-order valence-corrected chi connectivity index (χ0v) is 9.26. The van der Waals surface area contributed by atoms with E-state index in [9.17, 15) is 4.79 Å². The van der Waals surface area contributed by atoms with Crippen LogP contribution in [0.1, 0.15) is 18.4 Å². The molecule has 0 aliphatic rings. The topological polar surface area (TPSA) is 52.3 Å². The van der Waals surface area contributed by atoms with E-state index in [1.807, 2.05) is 30.3 Å². The van der Waals surface area contributed by atoms with Crippen LogP contribution in [-0.2, 0) is 9.53 Å². The maximum absolute atomic E-state index is 11.2. The summed E-state index contributed by atoms with van der Waals surface area (Å²) in [6.45, 7) is 1.08. The van der Waals surface area contributed by atoms with E-state index in [-0.39, 0.29) is 5.97 Å². The lowest BCUT2D eigenvalue weighted by atomic mass is 10.2. The standard InChI is InChI=1S/C13H17NO2/c14-10-4-5-11-16-13(15)9-8-12-6-2-1-3-7-12/h1-3,6-9H,4-5,10-11,14H2. The monoisotopic (exact) mass is 219 g/mol. The maximum Gasteiger partial charge on any atom is 0.330 e. The van der Waals surface area contributed by atoms with E-state index in [1.54, 1.807) is 6.08 Å². The molecule has 0 radical (unpaired) electrons. The van der Waals surface area contributed by atoms with Gasteiger partial charge in [0.15, 0.2) is 0 Å². The lowest BCUT2D eigenvalue weighted by molar-refractivity contribution is -0.137. The molecule has 0 amide bonds. The van der Waals surface area contributed by atoms with Crippen LogP contribution in [-0.4, -0.2) is 19.1 Å². The number of carbonyl (C=O) groups is 1. The van der Waals surface area contributed by atoms with Crippen LogP contribution in [0.25, 0.3) is 6.08 Å². The molecule has 0 saturated heterocycles. The van der Waals surface area contributed by atoms with Crippen molar-refractivity contribution in [3.05, 3.63) is 42.0 Å². The Morgan fingerprint density at radius 1 is 1.25 bits per heavy atom. The molecule has 0 atom stereocenters. The first-order valence-electron chi connectivity index (χ1n) is 5.43. The highest BCUT2D eigenvalue weighted by Crippen LogP contribution is 2.01. The van der Waals surface area contributed by atoms with Crippen LogP contribution in [0.15, 0.2) is 36.4 Å². The summed E-state index contributed by atoms with van der Waals surface area (Å²) in [5.74, 6) is -0.305. The van der Waals surface area contributed by atoms with Gasteiger partial charge in [-0.2, -0.15) is 0 Å². The first-order valence-corrected chi connectivity index (χ1v) is 5.43. The maximum atomic E-state index is 11.2. The Labute approximate surface area is 95.9 Å². The first kappa shape index (κ1) is 12.5. The van der Waals surface area contributed by atoms with E-state index in [0.29, 0.717) is 13.2 Å². The van der Waals surface area contributed by atoms with Crippen molar-refractivity contribution in [2.24, 2.45) is 5.73 Å². The molecule has 0 unspecified atom stereocenters. The van der Waals surface area contributed by atoms with Crippen molar-refractivity contribution in [3.8, 4) is 0 Å². The second-order valence-electron chi connectivity index (χ2n) is 3.41. The summed E-state index contributed by atoms with van der Waals surface area (Å²) >= 11 is 0. The van der Waals surface area contributed by atoms with Gasteiger partial charge in [0, 0.05) is 6.08 Å². The smallest absolute Gasteiger partial charge is 0.330 e. The van der Waals surface area contributed by atoms with Crippen LogP contribution < -0.4 is 5.73 Å². The average Bonchev–Trinajstić information content (AvgIpc) is 2.33. The van der Waals surface area contributed by atoms with E-state index < -0.39 is 0 Å². The average molecular weight is 219 g/mol. The lowest BCUT2D eigenvalue weighted by Crippen LogP contribution is -2.05. The highest BCUT2D eigenvalue weighted by molar-refractivity contribution is 5.86. The minimum Gasteiger partial charge on any atom is -0.463 e. The Morgan fingerprint density at radius 2 is 2.00 bits per heavy atom. The summed E-state index contributed by atoms with van der Waals surface area (Å²) in [6.07, 6.45) is 4.89. The molecule has 2 N–H and O–H groups in total. The van der Waals surface area contributed by atoms with Gasteiger partial charge < -0.3 is 10.5 Å². The lowest BCUT2D eigenvalue weighted by Gasteiger charge is -2.00. The molecular formula is C13H17NO2. The van der Waals surface area contributed by atoms with Crippen molar-refractivity contribution in [3.63, 3.8) is 0 Å². The molecule has 0 bridgehead atoms. The molecule has 0 heterocycles. The molecule has 0 spiro atoms. The van der Waals surface area contributed by atoms with Gasteiger partial charge in [-0.15, -0.1) is 0 Å². The van der Waals surface area contributed by atoms with Crippen molar-refractivity contribution in [1.82, 2.24) is 0 Å². The van der Waals surface area contributed by atoms with Crippen molar-refractivity contribution >= 4 is 12.0 Å². The zero-order valence-electron chi connectivity index (χ0n) is 9.26. The number of hydrogen-bond donors (Lipinski definition) is 1. The largest absolute Gasteiger partial charge is 0.463 e. The predicted molar refractivity (Wildman–Crippen MR) is 64.7 cm³/mol. The molecule has 0 aliphatic carbocycles. The van der Waals surface area contributed by atoms with Gasteiger partial charge in [0.25, 0.3) is 0 Å². The van der Waals surface area contributed by atoms with Gasteiger partial charge in [-0.1, -0.05) is 30.3 Å². The number of ether oxygens (including phenoxy) is 1. The van der Waals surface area contributed by atoms with E-state index in [4.69, 9.17) is 10.5 Å². The summed E-state index contributed by atoms with van der Waals surface area (Å²) in [4.78, 5) is 11.2. The van der Waals surface area contributed by atoms with Crippen LogP contribution in [0, 0.1) is 0 Å². The molecule has 0 aromatic heterocycles. The van der Waals surface area contributed by atoms with E-state index in [0.717, 1.165) is 18.4 Å². The quantitative estimate of drug-likeness (QED) is 0.452. The van der Waals surface area contributed by atoms with E-state index >= 15 is 0 Å². The van der Waals surface area contributed by atoms with Crippen molar-refractivity contribution in [2.45, 2.75) is 12.8 Å². The fraction of sp³-hybridized carbons (Fsp3) is 0.308. The molecule has 3 heteroatoms. The highest BCUT2D eigenvalue weighted by atomic mass is 16.5. The molecule has 16 heavy (non-hydrogen) atoms. The van der Waals surface area contributed by atoms with E-state index in [1.165, 1.54) is 6.08 Å². The van der Waals surface area contributed by atoms with Gasteiger partial charge in [-0.05, 0) is 31.0 Å². The van der Waals surface area contributed by atoms with Crippen LogP contribution in [0.4, 0.5) is 0 Å². The van der Waals surface area contributed by atoms with Gasteiger partial charge in [0.05, 0.1) is 6.61 Å². The third-order valence-electron chi connectivity index (χ3n) is 2.05. The summed E-state index contributed by atoms with van der Waals surface area (Å²) in [6, 6.07) is 9.64. The molecule has 0 saturated carbocycles. The Hall–Kier alpha value is -1.61. The van der Waals surface area contributed by atoms with Crippen molar-refractivity contribution < 1.29 is 9.53 Å². The number of nitrogens with two attached hydrogens (primary N) is 1. The third-order valence-corrected chi connectivity index (χ3v) is 2.05. The number of carbonyl (C=O) groups excluding carboxylic acids is 1. The molecule has 0 fully saturated rings. The minimum absolute atomic E-state index is 0.305. The summed E-state index contributed by atoms with van der Waals surface area (Å²) in [5.41, 5.74) is 6.31. The first-order chi connectivity index (χ1) is 7.83. The molecule has 0 aliphatic heterocycles. The Balaban J connectivity index is 2.26. The predicted octanol–water partition coefficient (Wildman–Crippen LogP) is 1.98.